The summed E-state index contributed by atoms with van der Waals surface area (Å²) in [6.45, 7) is 3.72. The second kappa shape index (κ2) is 10.2. The van der Waals surface area contributed by atoms with Gasteiger partial charge in [-0.05, 0) is 59.4 Å². The maximum atomic E-state index is 13.3. The molecule has 3 aromatic carbocycles. The van der Waals surface area contributed by atoms with Crippen molar-refractivity contribution in [3.63, 3.8) is 0 Å². The third-order valence-electron chi connectivity index (χ3n) is 7.95. The summed E-state index contributed by atoms with van der Waals surface area (Å²) in [5.74, 6) is 0.123. The van der Waals surface area contributed by atoms with Crippen LogP contribution in [-0.4, -0.2) is 58.3 Å². The molecule has 0 saturated carbocycles. The predicted molar refractivity (Wildman–Crippen MR) is 143 cm³/mol. The molecule has 7 nitrogen and oxygen atoms in total. The average molecular weight is 535 g/mol. The van der Waals surface area contributed by atoms with Crippen LogP contribution in [0.25, 0.3) is 0 Å². The van der Waals surface area contributed by atoms with E-state index in [4.69, 9.17) is 21.1 Å². The van der Waals surface area contributed by atoms with Crippen molar-refractivity contribution in [2.45, 2.75) is 44.2 Å². The molecule has 3 aromatic rings. The molecular formula is C30H31ClN2O5. The molecule has 0 bridgehead atoms. The first-order valence-electron chi connectivity index (χ1n) is 13.1. The number of amides is 1. The molecule has 3 heterocycles. The number of carbonyl (C=O) groups is 1. The SMILES string of the molecule is O=C(c1ccc(O)cc1OC[C@@H](O)CN1CCC2(CC1)OCc1cc(Cl)ccc12)N1Cc2ccccc2C1. The Morgan fingerprint density at radius 2 is 1.76 bits per heavy atom. The highest BCUT2D eigenvalue weighted by Gasteiger charge is 2.42. The first-order valence-corrected chi connectivity index (χ1v) is 13.4. The van der Waals surface area contributed by atoms with Gasteiger partial charge in [0, 0.05) is 43.8 Å². The zero-order valence-electron chi connectivity index (χ0n) is 21.1. The molecule has 0 radical (unpaired) electrons. The highest BCUT2D eigenvalue weighted by atomic mass is 35.5. The summed E-state index contributed by atoms with van der Waals surface area (Å²) in [5.41, 5.74) is 4.76. The monoisotopic (exact) mass is 534 g/mol. The van der Waals surface area contributed by atoms with Crippen LogP contribution >= 0.6 is 11.6 Å². The molecule has 2 N–H and O–H groups in total. The Morgan fingerprint density at radius 3 is 2.50 bits per heavy atom. The molecule has 3 aliphatic heterocycles. The summed E-state index contributed by atoms with van der Waals surface area (Å²) in [4.78, 5) is 17.3. The number of benzene rings is 3. The van der Waals surface area contributed by atoms with Crippen LogP contribution in [0.3, 0.4) is 0 Å². The quantitative estimate of drug-likeness (QED) is 0.486. The molecule has 0 aromatic heterocycles. The van der Waals surface area contributed by atoms with E-state index in [0.29, 0.717) is 31.8 Å². The zero-order chi connectivity index (χ0) is 26.3. The van der Waals surface area contributed by atoms with E-state index in [-0.39, 0.29) is 29.6 Å². The number of nitrogens with zero attached hydrogens (tertiary/aromatic N) is 2. The minimum Gasteiger partial charge on any atom is -0.508 e. The van der Waals surface area contributed by atoms with Gasteiger partial charge in [-0.3, -0.25) is 4.79 Å². The van der Waals surface area contributed by atoms with Gasteiger partial charge in [0.05, 0.1) is 17.8 Å². The van der Waals surface area contributed by atoms with E-state index in [1.54, 1.807) is 11.0 Å². The van der Waals surface area contributed by atoms with Gasteiger partial charge in [0.1, 0.15) is 24.2 Å². The van der Waals surface area contributed by atoms with E-state index in [2.05, 4.69) is 11.0 Å². The Morgan fingerprint density at radius 1 is 1.03 bits per heavy atom. The van der Waals surface area contributed by atoms with Crippen molar-refractivity contribution in [2.75, 3.05) is 26.2 Å². The third-order valence-corrected chi connectivity index (χ3v) is 8.18. The number of aliphatic hydroxyl groups excluding tert-OH is 1. The lowest BCUT2D eigenvalue weighted by Gasteiger charge is -2.39. The van der Waals surface area contributed by atoms with Crippen molar-refractivity contribution in [3.8, 4) is 11.5 Å². The highest BCUT2D eigenvalue weighted by Crippen LogP contribution is 2.44. The maximum Gasteiger partial charge on any atom is 0.258 e. The third kappa shape index (κ3) is 4.87. The molecule has 1 saturated heterocycles. The largest absolute Gasteiger partial charge is 0.508 e. The van der Waals surface area contributed by atoms with Gasteiger partial charge >= 0.3 is 0 Å². The molecule has 1 fully saturated rings. The van der Waals surface area contributed by atoms with Crippen LogP contribution in [0.5, 0.6) is 11.5 Å². The van der Waals surface area contributed by atoms with E-state index in [1.165, 1.54) is 17.7 Å². The Labute approximate surface area is 227 Å². The van der Waals surface area contributed by atoms with Crippen LogP contribution in [0.4, 0.5) is 0 Å². The number of aromatic hydroxyl groups is 1. The number of ether oxygens (including phenoxy) is 2. The van der Waals surface area contributed by atoms with E-state index >= 15 is 0 Å². The second-order valence-electron chi connectivity index (χ2n) is 10.5. The molecule has 198 valence electrons. The summed E-state index contributed by atoms with van der Waals surface area (Å²) >= 11 is 6.15. The number of phenols is 1. The number of phenolic OH excluding ortho intramolecular Hbond substituents is 1. The van der Waals surface area contributed by atoms with Crippen molar-refractivity contribution in [1.29, 1.82) is 0 Å². The normalized spacial score (nSPS) is 18.8. The standard InChI is InChI=1S/C30H31ClN2O5/c31-23-5-8-27-22(13-23)18-38-30(27)9-11-32(12-10-30)17-25(35)19-37-28-14-24(34)6-7-26(28)29(36)33-15-20-3-1-2-4-21(20)16-33/h1-8,13-14,25,34-35H,9-12,15-19H2/t25-/m0/s1. The number of hydrogen-bond donors (Lipinski definition) is 2. The molecule has 1 atom stereocenters. The fourth-order valence-electron chi connectivity index (χ4n) is 5.92. The first kappa shape index (κ1) is 25.2. The van der Waals surface area contributed by atoms with Crippen LogP contribution < -0.4 is 4.74 Å². The van der Waals surface area contributed by atoms with Gasteiger partial charge in [0.25, 0.3) is 5.91 Å². The second-order valence-corrected chi connectivity index (χ2v) is 10.9. The summed E-state index contributed by atoms with van der Waals surface area (Å²) in [5, 5.41) is 21.5. The summed E-state index contributed by atoms with van der Waals surface area (Å²) in [6.07, 6.45) is 0.943. The lowest BCUT2D eigenvalue weighted by atomic mass is 9.84. The number of β-amino-alcohol motifs (C(OH)–C–C–N with tert-alkyl or cyclic N) is 1. The maximum absolute atomic E-state index is 13.3. The van der Waals surface area contributed by atoms with E-state index in [0.717, 1.165) is 47.6 Å². The van der Waals surface area contributed by atoms with Gasteiger partial charge in [-0.15, -0.1) is 0 Å². The van der Waals surface area contributed by atoms with Gasteiger partial charge in [-0.2, -0.15) is 0 Å². The fourth-order valence-corrected chi connectivity index (χ4v) is 6.12. The van der Waals surface area contributed by atoms with Gasteiger partial charge < -0.3 is 29.5 Å². The lowest BCUT2D eigenvalue weighted by molar-refractivity contribution is -0.0835. The molecule has 6 rings (SSSR count). The minimum absolute atomic E-state index is 0.00945. The smallest absolute Gasteiger partial charge is 0.258 e. The van der Waals surface area contributed by atoms with Gasteiger partial charge in [-0.25, -0.2) is 0 Å². The van der Waals surface area contributed by atoms with Crippen LogP contribution in [-0.2, 0) is 30.0 Å². The van der Waals surface area contributed by atoms with Crippen molar-refractivity contribution >= 4 is 17.5 Å². The molecule has 1 amide bonds. The fraction of sp³-hybridized carbons (Fsp3) is 0.367. The molecule has 0 aliphatic carbocycles. The number of fused-ring (bicyclic) bond motifs is 3. The molecule has 3 aliphatic rings. The van der Waals surface area contributed by atoms with Crippen LogP contribution in [0.2, 0.25) is 5.02 Å². The summed E-state index contributed by atoms with van der Waals surface area (Å²) in [7, 11) is 0. The molecule has 38 heavy (non-hydrogen) atoms. The number of rotatable bonds is 6. The number of piperidine rings is 1. The minimum atomic E-state index is -0.749. The Bertz CT molecular complexity index is 1330. The number of likely N-dealkylation sites (tertiary alicyclic amines) is 1. The van der Waals surface area contributed by atoms with Crippen molar-refractivity contribution in [3.05, 3.63) is 93.5 Å². The number of halogens is 1. The van der Waals surface area contributed by atoms with Gasteiger partial charge in [0.2, 0.25) is 0 Å². The van der Waals surface area contributed by atoms with E-state index < -0.39 is 6.10 Å². The van der Waals surface area contributed by atoms with Crippen LogP contribution in [0.1, 0.15) is 45.5 Å². The Balaban J connectivity index is 1.05. The predicted octanol–water partition coefficient (Wildman–Crippen LogP) is 4.46. The molecular weight excluding hydrogens is 504 g/mol. The van der Waals surface area contributed by atoms with Crippen molar-refractivity contribution in [1.82, 2.24) is 9.80 Å². The topological polar surface area (TPSA) is 82.5 Å². The van der Waals surface area contributed by atoms with Crippen molar-refractivity contribution in [2.24, 2.45) is 0 Å². The number of hydrogen-bond acceptors (Lipinski definition) is 6. The Kier molecular flexibility index (Phi) is 6.78. The molecule has 8 heteroatoms. The number of carbonyl (C=O) groups excluding carboxylic acids is 1. The average Bonchev–Trinajstić information content (AvgIpc) is 3.50. The zero-order valence-corrected chi connectivity index (χ0v) is 21.9. The van der Waals surface area contributed by atoms with E-state index in [9.17, 15) is 15.0 Å². The van der Waals surface area contributed by atoms with E-state index in [1.807, 2.05) is 36.4 Å². The molecule has 1 spiro atoms. The highest BCUT2D eigenvalue weighted by molar-refractivity contribution is 6.30. The molecule has 0 unspecified atom stereocenters. The Hall–Kier alpha value is -3.10. The van der Waals surface area contributed by atoms with Crippen LogP contribution in [0.15, 0.2) is 60.7 Å². The van der Waals surface area contributed by atoms with Crippen LogP contribution in [0, 0.1) is 0 Å². The summed E-state index contributed by atoms with van der Waals surface area (Å²) < 4.78 is 12.2. The summed E-state index contributed by atoms with van der Waals surface area (Å²) in [6, 6.07) is 18.5. The first-order chi connectivity index (χ1) is 18.4. The van der Waals surface area contributed by atoms with Gasteiger partial charge in [-0.1, -0.05) is 41.9 Å². The van der Waals surface area contributed by atoms with Crippen molar-refractivity contribution < 1.29 is 24.5 Å². The van der Waals surface area contributed by atoms with Gasteiger partial charge in [0.15, 0.2) is 0 Å². The lowest BCUT2D eigenvalue weighted by Crippen LogP contribution is -2.46. The number of aliphatic hydroxyl groups is 1.